The number of ether oxygens (including phenoxy) is 8. The highest BCUT2D eigenvalue weighted by Gasteiger charge is 2.33. The fourth-order valence-corrected chi connectivity index (χ4v) is 4.30. The van der Waals surface area contributed by atoms with E-state index < -0.39 is 18.0 Å². The maximum atomic E-state index is 11.3. The molecule has 13 nitrogen and oxygen atoms in total. The zero-order chi connectivity index (χ0) is 33.1. The molecule has 3 atom stereocenters. The predicted octanol–water partition coefficient (Wildman–Crippen LogP) is 4.79. The molecule has 1 fully saturated rings. The molecule has 0 aromatic carbocycles. The molecule has 0 N–H and O–H groups in total. The van der Waals surface area contributed by atoms with Crippen LogP contribution in [0.25, 0.3) is 0 Å². The number of carbonyl (C=O) groups is 3. The molecule has 0 spiro atoms. The van der Waals surface area contributed by atoms with Crippen LogP contribution >= 0.6 is 0 Å². The van der Waals surface area contributed by atoms with Gasteiger partial charge in [-0.1, -0.05) is 68.2 Å². The SMILES string of the molecule is CCCOC1/C=C/CCCCC1.CCCOC1/C=C/COCOC1.O=C(OCCOC1/C=C/COCOC1)ON1C(=O)CCC1=O. The zero-order valence-corrected chi connectivity index (χ0v) is 27.5. The molecule has 3 unspecified atom stereocenters. The lowest BCUT2D eigenvalue weighted by atomic mass is 10.0. The van der Waals surface area contributed by atoms with Crippen LogP contribution in [-0.2, 0) is 52.3 Å². The van der Waals surface area contributed by atoms with E-state index in [2.05, 4.69) is 30.8 Å². The summed E-state index contributed by atoms with van der Waals surface area (Å²) in [5.74, 6) is -1.12. The second kappa shape index (κ2) is 26.4. The van der Waals surface area contributed by atoms with Gasteiger partial charge in [0, 0.05) is 26.1 Å². The maximum absolute atomic E-state index is 11.3. The number of hydrogen-bond acceptors (Lipinski definition) is 12. The van der Waals surface area contributed by atoms with Crippen LogP contribution in [0.15, 0.2) is 36.5 Å². The third kappa shape index (κ3) is 19.1. The molecule has 4 aliphatic rings. The summed E-state index contributed by atoms with van der Waals surface area (Å²) in [6, 6.07) is 0. The van der Waals surface area contributed by atoms with Gasteiger partial charge in [-0.25, -0.2) is 4.79 Å². The van der Waals surface area contributed by atoms with Crippen LogP contribution in [0.5, 0.6) is 0 Å². The first-order chi connectivity index (χ1) is 22.5. The molecule has 0 radical (unpaired) electrons. The highest BCUT2D eigenvalue weighted by atomic mass is 16.8. The molecule has 4 rings (SSSR count). The number of rotatable bonds is 11. The van der Waals surface area contributed by atoms with E-state index in [1.165, 1.54) is 32.1 Å². The first-order valence-corrected chi connectivity index (χ1v) is 16.4. The van der Waals surface area contributed by atoms with Gasteiger partial charge in [0.1, 0.15) is 20.2 Å². The van der Waals surface area contributed by atoms with Crippen molar-refractivity contribution in [3.05, 3.63) is 36.5 Å². The van der Waals surface area contributed by atoms with Crippen molar-refractivity contribution in [3.8, 4) is 0 Å². The Hall–Kier alpha value is -2.65. The summed E-state index contributed by atoms with van der Waals surface area (Å²) < 4.78 is 41.8. The van der Waals surface area contributed by atoms with E-state index in [0.29, 0.717) is 44.4 Å². The van der Waals surface area contributed by atoms with Crippen LogP contribution in [0, 0.1) is 0 Å². The van der Waals surface area contributed by atoms with Crippen LogP contribution in [0.2, 0.25) is 0 Å². The quantitative estimate of drug-likeness (QED) is 0.131. The standard InChI is InChI=1S/C13H17NO8.C11H20O.C9H16O3/c15-11-3-4-12(16)14(11)22-13(17)21-7-6-20-10-2-1-5-18-9-19-8-10;1-2-10-12-11-8-6-4-3-5-7-9-11;1-2-5-12-9-4-3-6-10-8-11-7-9/h1-2,10H,3-9H2;6,8,11H,2-5,7,9-10H2,1H3;3-4,9H,2,5-8H2,1H3/b2-1+;8-6+;4-3+. The minimum atomic E-state index is -1.12. The van der Waals surface area contributed by atoms with Crippen molar-refractivity contribution in [1.82, 2.24) is 5.06 Å². The van der Waals surface area contributed by atoms with E-state index in [9.17, 15) is 14.4 Å². The number of allylic oxidation sites excluding steroid dienone is 1. The molecule has 0 aromatic rings. The number of carbonyl (C=O) groups excluding carboxylic acids is 3. The van der Waals surface area contributed by atoms with Crippen molar-refractivity contribution < 1.29 is 57.1 Å². The largest absolute Gasteiger partial charge is 0.534 e. The summed E-state index contributed by atoms with van der Waals surface area (Å²) in [6.45, 7) is 8.56. The number of hydrogen-bond donors (Lipinski definition) is 0. The van der Waals surface area contributed by atoms with Gasteiger partial charge in [0.25, 0.3) is 11.8 Å². The van der Waals surface area contributed by atoms with E-state index in [0.717, 1.165) is 26.1 Å². The predicted molar refractivity (Wildman–Crippen MR) is 167 cm³/mol. The average Bonchev–Trinajstić information content (AvgIpc) is 3.32. The lowest BCUT2D eigenvalue weighted by Gasteiger charge is -2.17. The molecule has 2 amide bonds. The minimum absolute atomic E-state index is 0.0347. The smallest absolute Gasteiger partial charge is 0.430 e. The molecular weight excluding hydrogens is 602 g/mol. The van der Waals surface area contributed by atoms with Crippen LogP contribution < -0.4 is 0 Å². The van der Waals surface area contributed by atoms with Crippen LogP contribution in [-0.4, -0.2) is 108 Å². The molecule has 3 aliphatic heterocycles. The van der Waals surface area contributed by atoms with E-state index in [1.54, 1.807) is 6.08 Å². The van der Waals surface area contributed by atoms with Gasteiger partial charge in [-0.05, 0) is 32.1 Å². The van der Waals surface area contributed by atoms with E-state index >= 15 is 0 Å². The molecule has 1 aliphatic carbocycles. The molecule has 0 saturated carbocycles. The second-order valence-corrected chi connectivity index (χ2v) is 10.6. The Morgan fingerprint density at radius 3 is 1.89 bits per heavy atom. The number of nitrogens with zero attached hydrogens (tertiary/aromatic N) is 1. The fraction of sp³-hybridized carbons (Fsp3) is 0.727. The Labute approximate surface area is 273 Å². The maximum Gasteiger partial charge on any atom is 0.534 e. The minimum Gasteiger partial charge on any atom is -0.430 e. The summed E-state index contributed by atoms with van der Waals surface area (Å²) in [6.07, 6.45) is 20.0. The van der Waals surface area contributed by atoms with Gasteiger partial charge < -0.3 is 37.9 Å². The van der Waals surface area contributed by atoms with Gasteiger partial charge in [-0.2, -0.15) is 0 Å². The third-order valence-corrected chi connectivity index (χ3v) is 6.62. The van der Waals surface area contributed by atoms with Crippen LogP contribution in [0.3, 0.4) is 0 Å². The highest BCUT2D eigenvalue weighted by molar-refractivity contribution is 6.01. The van der Waals surface area contributed by atoms with Gasteiger partial charge in [-0.3, -0.25) is 14.4 Å². The van der Waals surface area contributed by atoms with E-state index in [-0.39, 0.29) is 45.1 Å². The Balaban J connectivity index is 0.000000261. The fourth-order valence-electron chi connectivity index (χ4n) is 4.30. The molecule has 46 heavy (non-hydrogen) atoms. The normalized spacial score (nSPS) is 25.8. The Kier molecular flexibility index (Phi) is 22.7. The molecule has 3 heterocycles. The monoisotopic (exact) mass is 655 g/mol. The van der Waals surface area contributed by atoms with Gasteiger partial charge in [0.15, 0.2) is 0 Å². The molecule has 1 saturated heterocycles. The van der Waals surface area contributed by atoms with Crippen molar-refractivity contribution in [1.29, 1.82) is 0 Å². The van der Waals surface area contributed by atoms with Gasteiger partial charge in [0.05, 0.1) is 51.3 Å². The van der Waals surface area contributed by atoms with Crippen LogP contribution in [0.4, 0.5) is 4.79 Å². The topological polar surface area (TPSA) is 138 Å². The first kappa shape index (κ1) is 39.5. The molecule has 0 bridgehead atoms. The number of amides is 2. The van der Waals surface area contributed by atoms with Crippen molar-refractivity contribution in [3.63, 3.8) is 0 Å². The summed E-state index contributed by atoms with van der Waals surface area (Å²) in [5, 5.41) is 0.425. The Morgan fingerprint density at radius 1 is 0.717 bits per heavy atom. The van der Waals surface area contributed by atoms with Gasteiger partial charge in [-0.15, -0.1) is 0 Å². The molecular formula is C33H53NO12. The lowest BCUT2D eigenvalue weighted by molar-refractivity contribution is -0.177. The van der Waals surface area contributed by atoms with Crippen LogP contribution in [0.1, 0.15) is 71.6 Å². The zero-order valence-electron chi connectivity index (χ0n) is 27.5. The Bertz CT molecular complexity index is 876. The van der Waals surface area contributed by atoms with Crippen molar-refractivity contribution in [2.45, 2.75) is 89.9 Å². The Morgan fingerprint density at radius 2 is 1.28 bits per heavy atom. The number of hydroxylamine groups is 2. The number of imide groups is 1. The summed E-state index contributed by atoms with van der Waals surface area (Å²) >= 11 is 0. The van der Waals surface area contributed by atoms with Crippen molar-refractivity contribution in [2.75, 3.05) is 66.4 Å². The molecule has 262 valence electrons. The second-order valence-electron chi connectivity index (χ2n) is 10.6. The van der Waals surface area contributed by atoms with Gasteiger partial charge >= 0.3 is 6.16 Å². The average molecular weight is 656 g/mol. The summed E-state index contributed by atoms with van der Waals surface area (Å²) in [7, 11) is 0. The third-order valence-electron chi connectivity index (χ3n) is 6.62. The summed E-state index contributed by atoms with van der Waals surface area (Å²) in [4.78, 5) is 38.3. The van der Waals surface area contributed by atoms with E-state index in [1.807, 2.05) is 18.2 Å². The molecule has 0 aromatic heterocycles. The summed E-state index contributed by atoms with van der Waals surface area (Å²) in [5.41, 5.74) is 0. The van der Waals surface area contributed by atoms with Gasteiger partial charge in [0.2, 0.25) is 0 Å². The van der Waals surface area contributed by atoms with E-state index in [4.69, 9.17) is 37.9 Å². The first-order valence-electron chi connectivity index (χ1n) is 16.4. The van der Waals surface area contributed by atoms with Crippen molar-refractivity contribution in [2.24, 2.45) is 0 Å². The highest BCUT2D eigenvalue weighted by Crippen LogP contribution is 2.14. The van der Waals surface area contributed by atoms with Crippen molar-refractivity contribution >= 4 is 18.0 Å². The lowest BCUT2D eigenvalue weighted by Crippen LogP contribution is -2.32. The molecule has 13 heteroatoms.